The van der Waals surface area contributed by atoms with Crippen LogP contribution < -0.4 is 11.1 Å². The molecule has 0 aliphatic carbocycles. The van der Waals surface area contributed by atoms with Crippen LogP contribution in [0, 0.1) is 5.82 Å². The smallest absolute Gasteiger partial charge is 0.236 e. The van der Waals surface area contributed by atoms with E-state index >= 15 is 0 Å². The van der Waals surface area contributed by atoms with Crippen LogP contribution in [0.3, 0.4) is 0 Å². The van der Waals surface area contributed by atoms with E-state index in [1.54, 1.807) is 6.07 Å². The van der Waals surface area contributed by atoms with Crippen LogP contribution in [0.15, 0.2) is 18.2 Å². The summed E-state index contributed by atoms with van der Waals surface area (Å²) in [4.78, 5) is 11.8. The van der Waals surface area contributed by atoms with Crippen molar-refractivity contribution in [3.8, 4) is 0 Å². The molecule has 0 heterocycles. The molecular weight excluding hydrogens is 279 g/mol. The van der Waals surface area contributed by atoms with Crippen LogP contribution in [0.5, 0.6) is 0 Å². The van der Waals surface area contributed by atoms with Crippen molar-refractivity contribution in [1.82, 2.24) is 5.32 Å². The average molecular weight is 301 g/mol. The van der Waals surface area contributed by atoms with Gasteiger partial charge in [-0.05, 0) is 24.1 Å². The Hall–Kier alpha value is -1.13. The summed E-state index contributed by atoms with van der Waals surface area (Å²) in [6.45, 7) is 6.26. The first-order valence-electron chi connectivity index (χ1n) is 6.76. The first kappa shape index (κ1) is 16.9. The largest absolute Gasteiger partial charge is 0.354 e. The van der Waals surface area contributed by atoms with Gasteiger partial charge in [-0.25, -0.2) is 4.39 Å². The van der Waals surface area contributed by atoms with E-state index in [0.29, 0.717) is 18.0 Å². The van der Waals surface area contributed by atoms with Crippen LogP contribution in [0.4, 0.5) is 4.39 Å². The SMILES string of the molecule is CCCC(N)C(=O)NCC(C)(C)c1ccc(F)cc1Cl. The highest BCUT2D eigenvalue weighted by molar-refractivity contribution is 6.31. The Kier molecular flexibility index (Phi) is 5.96. The highest BCUT2D eigenvalue weighted by atomic mass is 35.5. The molecule has 0 aliphatic heterocycles. The molecular formula is C15H22ClFN2O. The Bertz CT molecular complexity index is 477. The zero-order valence-corrected chi connectivity index (χ0v) is 12.9. The predicted octanol–water partition coefficient (Wildman–Crippen LogP) is 3.00. The molecule has 3 nitrogen and oxygen atoms in total. The van der Waals surface area contributed by atoms with Gasteiger partial charge in [0, 0.05) is 17.0 Å². The zero-order chi connectivity index (χ0) is 15.3. The number of carbonyl (C=O) groups is 1. The van der Waals surface area contributed by atoms with Gasteiger partial charge in [0.25, 0.3) is 0 Å². The van der Waals surface area contributed by atoms with E-state index in [4.69, 9.17) is 17.3 Å². The number of nitrogens with one attached hydrogen (secondary N) is 1. The minimum Gasteiger partial charge on any atom is -0.354 e. The van der Waals surface area contributed by atoms with Crippen LogP contribution in [0.1, 0.15) is 39.2 Å². The summed E-state index contributed by atoms with van der Waals surface area (Å²) in [6.07, 6.45) is 1.52. The van der Waals surface area contributed by atoms with Crippen molar-refractivity contribution in [3.63, 3.8) is 0 Å². The van der Waals surface area contributed by atoms with E-state index in [9.17, 15) is 9.18 Å². The molecule has 0 spiro atoms. The summed E-state index contributed by atoms with van der Waals surface area (Å²) in [7, 11) is 0. The second-order valence-corrected chi connectivity index (χ2v) is 6.03. The number of benzene rings is 1. The summed E-state index contributed by atoms with van der Waals surface area (Å²) in [6, 6.07) is 3.81. The van der Waals surface area contributed by atoms with Gasteiger partial charge < -0.3 is 11.1 Å². The number of carbonyl (C=O) groups excluding carboxylic acids is 1. The molecule has 1 atom stereocenters. The molecule has 0 radical (unpaired) electrons. The van der Waals surface area contributed by atoms with Gasteiger partial charge >= 0.3 is 0 Å². The van der Waals surface area contributed by atoms with Crippen molar-refractivity contribution in [2.45, 2.75) is 45.1 Å². The lowest BCUT2D eigenvalue weighted by atomic mass is 9.84. The van der Waals surface area contributed by atoms with Crippen molar-refractivity contribution in [1.29, 1.82) is 0 Å². The maximum absolute atomic E-state index is 13.1. The Labute approximate surface area is 124 Å². The summed E-state index contributed by atoms with van der Waals surface area (Å²) < 4.78 is 13.1. The standard InChI is InChI=1S/C15H22ClFN2O/c1-4-5-13(18)14(20)19-9-15(2,3)11-7-6-10(17)8-12(11)16/h6-8,13H,4-5,9,18H2,1-3H3,(H,19,20). The van der Waals surface area contributed by atoms with Crippen LogP contribution in [-0.2, 0) is 10.2 Å². The monoisotopic (exact) mass is 300 g/mol. The Morgan fingerprint density at radius 3 is 2.70 bits per heavy atom. The Balaban J connectivity index is 2.72. The zero-order valence-electron chi connectivity index (χ0n) is 12.2. The van der Waals surface area contributed by atoms with E-state index in [-0.39, 0.29) is 11.7 Å². The summed E-state index contributed by atoms with van der Waals surface area (Å²) >= 11 is 6.06. The maximum Gasteiger partial charge on any atom is 0.236 e. The molecule has 112 valence electrons. The van der Waals surface area contributed by atoms with Crippen molar-refractivity contribution >= 4 is 17.5 Å². The van der Waals surface area contributed by atoms with Gasteiger partial charge in [0.1, 0.15) is 5.82 Å². The van der Waals surface area contributed by atoms with E-state index in [2.05, 4.69) is 5.32 Å². The summed E-state index contributed by atoms with van der Waals surface area (Å²) in [5.41, 5.74) is 6.16. The highest BCUT2D eigenvalue weighted by Crippen LogP contribution is 2.29. The lowest BCUT2D eigenvalue weighted by Gasteiger charge is -2.27. The maximum atomic E-state index is 13.1. The number of halogens is 2. The predicted molar refractivity (Wildman–Crippen MR) is 80.3 cm³/mol. The number of hydrogen-bond donors (Lipinski definition) is 2. The fourth-order valence-corrected chi connectivity index (χ4v) is 2.44. The minimum absolute atomic E-state index is 0.168. The topological polar surface area (TPSA) is 55.1 Å². The molecule has 0 saturated carbocycles. The van der Waals surface area contributed by atoms with Gasteiger partial charge in [0.2, 0.25) is 5.91 Å². The average Bonchev–Trinajstić information content (AvgIpc) is 2.35. The molecule has 3 N–H and O–H groups in total. The van der Waals surface area contributed by atoms with Crippen molar-refractivity contribution in [2.24, 2.45) is 5.73 Å². The molecule has 1 aromatic rings. The van der Waals surface area contributed by atoms with Crippen LogP contribution in [-0.4, -0.2) is 18.5 Å². The quantitative estimate of drug-likeness (QED) is 0.848. The van der Waals surface area contributed by atoms with Gasteiger partial charge in [-0.2, -0.15) is 0 Å². The van der Waals surface area contributed by atoms with Crippen LogP contribution in [0.25, 0.3) is 0 Å². The fourth-order valence-electron chi connectivity index (χ4n) is 2.01. The molecule has 1 unspecified atom stereocenters. The third kappa shape index (κ3) is 4.46. The number of nitrogens with two attached hydrogens (primary N) is 1. The molecule has 0 aromatic heterocycles. The van der Waals surface area contributed by atoms with E-state index < -0.39 is 11.5 Å². The van der Waals surface area contributed by atoms with E-state index in [1.807, 2.05) is 20.8 Å². The van der Waals surface area contributed by atoms with Gasteiger partial charge in [0.15, 0.2) is 0 Å². The number of hydrogen-bond acceptors (Lipinski definition) is 2. The molecule has 0 aliphatic rings. The van der Waals surface area contributed by atoms with E-state index in [0.717, 1.165) is 12.0 Å². The Morgan fingerprint density at radius 1 is 1.50 bits per heavy atom. The fraction of sp³-hybridized carbons (Fsp3) is 0.533. The first-order valence-corrected chi connectivity index (χ1v) is 7.14. The van der Waals surface area contributed by atoms with Crippen LogP contribution in [0.2, 0.25) is 5.02 Å². The Morgan fingerprint density at radius 2 is 2.15 bits per heavy atom. The second-order valence-electron chi connectivity index (χ2n) is 5.62. The van der Waals surface area contributed by atoms with Crippen molar-refractivity contribution in [3.05, 3.63) is 34.6 Å². The summed E-state index contributed by atoms with van der Waals surface area (Å²) in [5, 5.41) is 3.19. The normalized spacial score (nSPS) is 13.1. The number of amides is 1. The third-order valence-electron chi connectivity index (χ3n) is 3.30. The highest BCUT2D eigenvalue weighted by Gasteiger charge is 2.25. The molecule has 1 rings (SSSR count). The third-order valence-corrected chi connectivity index (χ3v) is 3.61. The minimum atomic E-state index is -0.487. The molecule has 0 saturated heterocycles. The molecule has 0 fully saturated rings. The molecule has 5 heteroatoms. The van der Waals surface area contributed by atoms with Gasteiger partial charge in [0.05, 0.1) is 6.04 Å². The molecule has 0 bridgehead atoms. The van der Waals surface area contributed by atoms with E-state index in [1.165, 1.54) is 12.1 Å². The molecule has 20 heavy (non-hydrogen) atoms. The second kappa shape index (κ2) is 7.04. The lowest BCUT2D eigenvalue weighted by Crippen LogP contribution is -2.45. The molecule has 1 aromatic carbocycles. The summed E-state index contributed by atoms with van der Waals surface area (Å²) in [5.74, 6) is -0.540. The van der Waals surface area contributed by atoms with Crippen molar-refractivity contribution < 1.29 is 9.18 Å². The van der Waals surface area contributed by atoms with Gasteiger partial charge in [-0.15, -0.1) is 0 Å². The number of rotatable bonds is 6. The lowest BCUT2D eigenvalue weighted by molar-refractivity contribution is -0.122. The van der Waals surface area contributed by atoms with Gasteiger partial charge in [-0.3, -0.25) is 4.79 Å². The molecule has 1 amide bonds. The van der Waals surface area contributed by atoms with Crippen LogP contribution >= 0.6 is 11.6 Å². The van der Waals surface area contributed by atoms with Crippen molar-refractivity contribution in [2.75, 3.05) is 6.54 Å². The first-order chi connectivity index (χ1) is 9.27. The van der Waals surface area contributed by atoms with Gasteiger partial charge in [-0.1, -0.05) is 44.9 Å².